The molecule has 0 aliphatic carbocycles. The van der Waals surface area contributed by atoms with Crippen molar-refractivity contribution >= 4 is 23.6 Å². The molecule has 2 aliphatic rings. The molecule has 2 saturated heterocycles. The third kappa shape index (κ3) is 5.48. The highest BCUT2D eigenvalue weighted by Gasteiger charge is 2.48. The number of carbonyl (C=O) groups excluding carboxylic acids is 3. The number of nitrogens with zero attached hydrogens (tertiary/aromatic N) is 3. The first kappa shape index (κ1) is 24.5. The van der Waals surface area contributed by atoms with Crippen LogP contribution in [0.2, 0.25) is 0 Å². The fourth-order valence-corrected chi connectivity index (χ4v) is 4.88. The van der Waals surface area contributed by atoms with Gasteiger partial charge >= 0.3 is 6.09 Å². The number of pyridine rings is 1. The van der Waals surface area contributed by atoms with Gasteiger partial charge in [-0.15, -0.1) is 0 Å². The van der Waals surface area contributed by atoms with Gasteiger partial charge < -0.3 is 15.0 Å². The second-order valence-corrected chi connectivity index (χ2v) is 9.57. The summed E-state index contributed by atoms with van der Waals surface area (Å²) in [6, 6.07) is 17.6. The van der Waals surface area contributed by atoms with E-state index in [0.29, 0.717) is 29.9 Å². The number of piperidine rings is 1. The predicted molar refractivity (Wildman–Crippen MR) is 139 cm³/mol. The molecule has 2 fully saturated rings. The minimum absolute atomic E-state index is 0.104. The van der Waals surface area contributed by atoms with Crippen LogP contribution < -0.4 is 5.32 Å². The first-order chi connectivity index (χ1) is 18.0. The van der Waals surface area contributed by atoms with E-state index in [2.05, 4.69) is 10.3 Å². The number of carbonyl (C=O) groups is 3. The summed E-state index contributed by atoms with van der Waals surface area (Å²) in [5.74, 6) is -0.400. The van der Waals surface area contributed by atoms with Crippen LogP contribution in [0, 0.1) is 6.92 Å². The largest absolute Gasteiger partial charge is 0.438 e. The van der Waals surface area contributed by atoms with Gasteiger partial charge in [-0.1, -0.05) is 42.0 Å². The molecule has 0 spiro atoms. The van der Waals surface area contributed by atoms with E-state index < -0.39 is 18.2 Å². The maximum absolute atomic E-state index is 13.8. The summed E-state index contributed by atoms with van der Waals surface area (Å²) in [6.07, 6.45) is 4.78. The Kier molecular flexibility index (Phi) is 7.16. The van der Waals surface area contributed by atoms with Gasteiger partial charge in [0.25, 0.3) is 5.91 Å². The molecule has 37 heavy (non-hydrogen) atoms. The number of cyclic esters (lactones) is 1. The molecule has 0 radical (unpaired) electrons. The summed E-state index contributed by atoms with van der Waals surface area (Å²) in [7, 11) is 0. The molecule has 5 rings (SSSR count). The van der Waals surface area contributed by atoms with Crippen LogP contribution in [0.25, 0.3) is 0 Å². The van der Waals surface area contributed by atoms with Crippen LogP contribution in [0.3, 0.4) is 0 Å². The Morgan fingerprint density at radius 3 is 2.54 bits per heavy atom. The van der Waals surface area contributed by atoms with Crippen molar-refractivity contribution < 1.29 is 19.1 Å². The van der Waals surface area contributed by atoms with Crippen molar-refractivity contribution in [2.75, 3.05) is 18.4 Å². The summed E-state index contributed by atoms with van der Waals surface area (Å²) in [5.41, 5.74) is 3.68. The van der Waals surface area contributed by atoms with Crippen LogP contribution in [0.5, 0.6) is 0 Å². The lowest BCUT2D eigenvalue weighted by Crippen LogP contribution is -2.49. The van der Waals surface area contributed by atoms with Crippen molar-refractivity contribution in [3.63, 3.8) is 0 Å². The van der Waals surface area contributed by atoms with Crippen LogP contribution in [-0.4, -0.2) is 51.8 Å². The smallest absolute Gasteiger partial charge is 0.411 e. The molecule has 2 aromatic carbocycles. The van der Waals surface area contributed by atoms with E-state index in [9.17, 15) is 14.4 Å². The summed E-state index contributed by atoms with van der Waals surface area (Å²) in [5, 5.41) is 2.87. The van der Waals surface area contributed by atoms with Gasteiger partial charge in [0.15, 0.2) is 12.1 Å². The standard InChI is InChI=1S/C29H30N4O4/c1-20-10-12-21(13-11-20)19-33-25(28(35)32-15-3-2-4-16-32)26(37-29(33)36)22-7-5-9-24(17-22)31-27(34)23-8-6-14-30-18-23/h5-14,17-18,25-26H,2-4,15-16,19H2,1H3,(H,31,34). The second kappa shape index (κ2) is 10.8. The average molecular weight is 499 g/mol. The molecule has 8 nitrogen and oxygen atoms in total. The number of aromatic nitrogens is 1. The van der Waals surface area contributed by atoms with Gasteiger partial charge in [-0.25, -0.2) is 4.79 Å². The second-order valence-electron chi connectivity index (χ2n) is 9.57. The zero-order valence-corrected chi connectivity index (χ0v) is 20.8. The van der Waals surface area contributed by atoms with Gasteiger partial charge in [0.2, 0.25) is 5.91 Å². The molecule has 190 valence electrons. The Balaban J connectivity index is 1.43. The molecule has 3 aromatic rings. The molecule has 2 aliphatic heterocycles. The van der Waals surface area contributed by atoms with Crippen LogP contribution in [0.4, 0.5) is 10.5 Å². The predicted octanol–water partition coefficient (Wildman–Crippen LogP) is 4.72. The van der Waals surface area contributed by atoms with E-state index in [4.69, 9.17) is 4.74 Å². The Hall–Kier alpha value is -4.20. The highest BCUT2D eigenvalue weighted by molar-refractivity contribution is 6.04. The van der Waals surface area contributed by atoms with Crippen LogP contribution in [-0.2, 0) is 16.1 Å². The molecule has 3 heterocycles. The van der Waals surface area contributed by atoms with E-state index in [0.717, 1.165) is 30.4 Å². The normalized spacial score (nSPS) is 19.4. The minimum Gasteiger partial charge on any atom is -0.438 e. The monoisotopic (exact) mass is 498 g/mol. The average Bonchev–Trinajstić information content (AvgIpc) is 3.26. The summed E-state index contributed by atoms with van der Waals surface area (Å²) in [6.45, 7) is 3.63. The van der Waals surface area contributed by atoms with Crippen molar-refractivity contribution in [2.45, 2.75) is 44.9 Å². The van der Waals surface area contributed by atoms with Crippen molar-refractivity contribution in [2.24, 2.45) is 0 Å². The highest BCUT2D eigenvalue weighted by Crippen LogP contribution is 2.36. The number of anilines is 1. The molecule has 0 saturated carbocycles. The van der Waals surface area contributed by atoms with Crippen molar-refractivity contribution in [1.29, 1.82) is 0 Å². The van der Waals surface area contributed by atoms with Crippen molar-refractivity contribution in [1.82, 2.24) is 14.8 Å². The number of rotatable bonds is 6. The molecule has 2 atom stereocenters. The Bertz CT molecular complexity index is 1270. The summed E-state index contributed by atoms with van der Waals surface area (Å²) < 4.78 is 5.84. The maximum atomic E-state index is 13.8. The third-order valence-electron chi connectivity index (χ3n) is 6.88. The fourth-order valence-electron chi connectivity index (χ4n) is 4.88. The van der Waals surface area contributed by atoms with Gasteiger partial charge in [-0.2, -0.15) is 0 Å². The van der Waals surface area contributed by atoms with E-state index in [1.54, 1.807) is 36.5 Å². The summed E-state index contributed by atoms with van der Waals surface area (Å²) >= 11 is 0. The number of amides is 3. The van der Waals surface area contributed by atoms with E-state index >= 15 is 0 Å². The van der Waals surface area contributed by atoms with E-state index in [1.807, 2.05) is 42.2 Å². The van der Waals surface area contributed by atoms with Crippen LogP contribution >= 0.6 is 0 Å². The lowest BCUT2D eigenvalue weighted by Gasteiger charge is -2.33. The highest BCUT2D eigenvalue weighted by atomic mass is 16.6. The molecule has 2 unspecified atom stereocenters. The summed E-state index contributed by atoms with van der Waals surface area (Å²) in [4.78, 5) is 47.0. The Labute approximate surface area is 216 Å². The molecule has 3 amide bonds. The van der Waals surface area contributed by atoms with Gasteiger partial charge in [0.1, 0.15) is 0 Å². The minimum atomic E-state index is -0.795. The SMILES string of the molecule is Cc1ccc(CN2C(=O)OC(c3cccc(NC(=O)c4cccnc4)c3)C2C(=O)N2CCCCC2)cc1. The third-order valence-corrected chi connectivity index (χ3v) is 6.88. The quantitative estimate of drug-likeness (QED) is 0.531. The van der Waals surface area contributed by atoms with Crippen LogP contribution in [0.15, 0.2) is 73.1 Å². The number of hydrogen-bond acceptors (Lipinski definition) is 5. The first-order valence-corrected chi connectivity index (χ1v) is 12.6. The lowest BCUT2D eigenvalue weighted by molar-refractivity contribution is -0.137. The molecule has 1 aromatic heterocycles. The Morgan fingerprint density at radius 2 is 1.81 bits per heavy atom. The molecular formula is C29H30N4O4. The molecule has 0 bridgehead atoms. The van der Waals surface area contributed by atoms with Crippen LogP contribution in [0.1, 0.15) is 52.4 Å². The van der Waals surface area contributed by atoms with E-state index in [-0.39, 0.29) is 18.4 Å². The van der Waals surface area contributed by atoms with Crippen molar-refractivity contribution in [3.05, 3.63) is 95.3 Å². The molecular weight excluding hydrogens is 468 g/mol. The number of benzene rings is 2. The van der Waals surface area contributed by atoms with Gasteiger partial charge in [0, 0.05) is 31.2 Å². The number of hydrogen-bond donors (Lipinski definition) is 1. The zero-order valence-electron chi connectivity index (χ0n) is 20.8. The Morgan fingerprint density at radius 1 is 1.03 bits per heavy atom. The first-order valence-electron chi connectivity index (χ1n) is 12.6. The molecule has 8 heteroatoms. The van der Waals surface area contributed by atoms with Crippen molar-refractivity contribution in [3.8, 4) is 0 Å². The van der Waals surface area contributed by atoms with Gasteiger partial charge in [-0.05, 0) is 61.6 Å². The number of likely N-dealkylation sites (tertiary alicyclic amines) is 1. The van der Waals surface area contributed by atoms with E-state index in [1.165, 1.54) is 11.1 Å². The zero-order chi connectivity index (χ0) is 25.8. The number of ether oxygens (including phenoxy) is 1. The number of nitrogens with one attached hydrogen (secondary N) is 1. The van der Waals surface area contributed by atoms with Gasteiger partial charge in [-0.3, -0.25) is 19.5 Å². The lowest BCUT2D eigenvalue weighted by atomic mass is 9.98. The fraction of sp³-hybridized carbons (Fsp3) is 0.310. The maximum Gasteiger partial charge on any atom is 0.411 e. The molecule has 1 N–H and O–H groups in total. The van der Waals surface area contributed by atoms with Gasteiger partial charge in [0.05, 0.1) is 12.1 Å². The number of aryl methyl sites for hydroxylation is 1. The topological polar surface area (TPSA) is 91.8 Å².